The van der Waals surface area contributed by atoms with Gasteiger partial charge in [-0.3, -0.25) is 10.1 Å². The summed E-state index contributed by atoms with van der Waals surface area (Å²) in [6.07, 6.45) is 3.05. The van der Waals surface area contributed by atoms with E-state index in [0.29, 0.717) is 24.6 Å². The minimum atomic E-state index is -0.899. The van der Waals surface area contributed by atoms with Crippen molar-refractivity contribution < 1.29 is 19.0 Å². The van der Waals surface area contributed by atoms with Gasteiger partial charge in [0, 0.05) is 24.2 Å². The monoisotopic (exact) mass is 436 g/mol. The van der Waals surface area contributed by atoms with Crippen LogP contribution in [0.25, 0.3) is 0 Å². The third kappa shape index (κ3) is 4.54. The Hall–Kier alpha value is -1.92. The SMILES string of the molecule is N#CC1CCC(C(=O)NC23CC(C2)C(NC(O)COc2ccc(Cl)c(F)c2)C3)NC1. The van der Waals surface area contributed by atoms with Crippen LogP contribution in [0.1, 0.15) is 32.1 Å². The number of fused-ring (bicyclic) bond motifs is 1. The molecule has 2 bridgehead atoms. The number of aliphatic hydroxyl groups excluding tert-OH is 1. The number of rotatable bonds is 7. The van der Waals surface area contributed by atoms with Gasteiger partial charge in [-0.25, -0.2) is 4.39 Å². The summed E-state index contributed by atoms with van der Waals surface area (Å²) < 4.78 is 18.9. The summed E-state index contributed by atoms with van der Waals surface area (Å²) in [5, 5.41) is 28.8. The van der Waals surface area contributed by atoms with E-state index in [9.17, 15) is 14.3 Å². The lowest BCUT2D eigenvalue weighted by molar-refractivity contribution is -0.126. The first kappa shape index (κ1) is 21.3. The van der Waals surface area contributed by atoms with E-state index in [1.807, 2.05) is 0 Å². The Labute approximate surface area is 179 Å². The molecule has 4 aliphatic rings. The highest BCUT2D eigenvalue weighted by atomic mass is 35.5. The third-order valence-electron chi connectivity index (χ3n) is 6.49. The molecule has 4 N–H and O–H groups in total. The first-order chi connectivity index (χ1) is 14.4. The van der Waals surface area contributed by atoms with Crippen molar-refractivity contribution in [1.29, 1.82) is 5.26 Å². The number of nitrogens with one attached hydrogen (secondary N) is 3. The van der Waals surface area contributed by atoms with Gasteiger partial charge in [-0.15, -0.1) is 0 Å². The summed E-state index contributed by atoms with van der Waals surface area (Å²) >= 11 is 5.65. The molecule has 4 unspecified atom stereocenters. The maximum absolute atomic E-state index is 13.5. The lowest BCUT2D eigenvalue weighted by Gasteiger charge is -2.40. The van der Waals surface area contributed by atoms with Crippen molar-refractivity contribution in [3.8, 4) is 11.8 Å². The smallest absolute Gasteiger partial charge is 0.237 e. The van der Waals surface area contributed by atoms with Gasteiger partial charge in [0.2, 0.25) is 5.91 Å². The van der Waals surface area contributed by atoms with Gasteiger partial charge in [-0.05, 0) is 50.2 Å². The fraction of sp³-hybridized carbons (Fsp3) is 0.619. The summed E-state index contributed by atoms with van der Waals surface area (Å²) in [7, 11) is 0. The van der Waals surface area contributed by atoms with Crippen LogP contribution in [0.4, 0.5) is 4.39 Å². The fourth-order valence-electron chi connectivity index (χ4n) is 4.91. The average molecular weight is 437 g/mol. The standard InChI is InChI=1S/C21H26ClFN4O3/c22-15-3-2-14(5-16(15)23)30-11-19(28)26-18-8-21(6-13(18)7-21)27-20(29)17-4-1-12(9-24)10-25-17/h2-3,5,12-13,17-19,25-26,28H,1,4,6-8,10-11H2,(H,27,29). The molecule has 7 nitrogen and oxygen atoms in total. The molecule has 0 aromatic heterocycles. The van der Waals surface area contributed by atoms with Crippen molar-refractivity contribution in [2.45, 2.75) is 56.0 Å². The van der Waals surface area contributed by atoms with Crippen LogP contribution in [-0.4, -0.2) is 48.0 Å². The summed E-state index contributed by atoms with van der Waals surface area (Å²) in [5.41, 5.74) is -0.215. The molecule has 1 saturated heterocycles. The third-order valence-corrected chi connectivity index (χ3v) is 6.80. The Morgan fingerprint density at radius 3 is 2.90 bits per heavy atom. The van der Waals surface area contributed by atoms with Crippen molar-refractivity contribution in [3.63, 3.8) is 0 Å². The number of hydrogen-bond donors (Lipinski definition) is 4. The molecule has 162 valence electrons. The van der Waals surface area contributed by atoms with Crippen LogP contribution in [-0.2, 0) is 4.79 Å². The van der Waals surface area contributed by atoms with E-state index >= 15 is 0 Å². The Morgan fingerprint density at radius 2 is 2.23 bits per heavy atom. The molecule has 4 fully saturated rings. The number of hydrogen-bond acceptors (Lipinski definition) is 6. The van der Waals surface area contributed by atoms with E-state index < -0.39 is 12.0 Å². The van der Waals surface area contributed by atoms with E-state index in [4.69, 9.17) is 21.6 Å². The largest absolute Gasteiger partial charge is 0.489 e. The van der Waals surface area contributed by atoms with Crippen molar-refractivity contribution in [3.05, 3.63) is 29.0 Å². The number of aliphatic hydroxyl groups is 1. The van der Waals surface area contributed by atoms with Crippen molar-refractivity contribution >= 4 is 17.5 Å². The summed E-state index contributed by atoms with van der Waals surface area (Å²) in [5.74, 6) is 0.111. The summed E-state index contributed by atoms with van der Waals surface area (Å²) in [4.78, 5) is 12.6. The second-order valence-electron chi connectivity index (χ2n) is 8.68. The van der Waals surface area contributed by atoms with Crippen molar-refractivity contribution in [1.82, 2.24) is 16.0 Å². The number of nitriles is 1. The molecule has 1 aromatic rings. The van der Waals surface area contributed by atoms with Gasteiger partial charge in [0.05, 0.1) is 23.1 Å². The highest BCUT2D eigenvalue weighted by Crippen LogP contribution is 2.52. The van der Waals surface area contributed by atoms with Gasteiger partial charge in [-0.2, -0.15) is 5.26 Å². The van der Waals surface area contributed by atoms with E-state index in [-0.39, 0.29) is 41.1 Å². The Balaban J connectivity index is 1.22. The normalized spacial score (nSPS) is 33.3. The highest BCUT2D eigenvalue weighted by molar-refractivity contribution is 6.30. The average Bonchev–Trinajstić information content (AvgIpc) is 3.22. The van der Waals surface area contributed by atoms with Gasteiger partial charge in [0.15, 0.2) is 0 Å². The molecule has 5 rings (SSSR count). The number of piperidine rings is 1. The zero-order valence-corrected chi connectivity index (χ0v) is 17.3. The minimum absolute atomic E-state index is 0.000799. The quantitative estimate of drug-likeness (QED) is 0.485. The number of nitrogens with zero attached hydrogens (tertiary/aromatic N) is 1. The molecule has 1 heterocycles. The van der Waals surface area contributed by atoms with Crippen LogP contribution in [0.5, 0.6) is 5.75 Å². The molecule has 1 aliphatic heterocycles. The highest BCUT2D eigenvalue weighted by Gasteiger charge is 2.57. The lowest BCUT2D eigenvalue weighted by Crippen LogP contribution is -2.58. The van der Waals surface area contributed by atoms with Gasteiger partial charge in [0.1, 0.15) is 24.4 Å². The number of benzene rings is 1. The first-order valence-electron chi connectivity index (χ1n) is 10.3. The Morgan fingerprint density at radius 1 is 1.43 bits per heavy atom. The van der Waals surface area contributed by atoms with Crippen molar-refractivity contribution in [2.24, 2.45) is 11.8 Å². The van der Waals surface area contributed by atoms with Gasteiger partial charge in [-0.1, -0.05) is 11.6 Å². The number of amides is 1. The van der Waals surface area contributed by atoms with E-state index in [1.54, 1.807) is 6.07 Å². The van der Waals surface area contributed by atoms with Crippen LogP contribution in [0.15, 0.2) is 18.2 Å². The predicted molar refractivity (Wildman–Crippen MR) is 108 cm³/mol. The summed E-state index contributed by atoms with van der Waals surface area (Å²) in [6, 6.07) is 6.23. The van der Waals surface area contributed by atoms with Gasteiger partial charge >= 0.3 is 0 Å². The Kier molecular flexibility index (Phi) is 6.16. The number of halogens is 2. The minimum Gasteiger partial charge on any atom is -0.489 e. The zero-order valence-electron chi connectivity index (χ0n) is 16.5. The molecule has 0 radical (unpaired) electrons. The second-order valence-corrected chi connectivity index (χ2v) is 9.09. The van der Waals surface area contributed by atoms with Gasteiger partial charge < -0.3 is 20.5 Å². The topological polar surface area (TPSA) is 106 Å². The molecule has 30 heavy (non-hydrogen) atoms. The van der Waals surface area contributed by atoms with Gasteiger partial charge in [0.25, 0.3) is 0 Å². The second kappa shape index (κ2) is 8.67. The first-order valence-corrected chi connectivity index (χ1v) is 10.7. The van der Waals surface area contributed by atoms with Crippen LogP contribution < -0.4 is 20.7 Å². The molecular formula is C21H26ClFN4O3. The molecular weight excluding hydrogens is 411 g/mol. The zero-order chi connectivity index (χ0) is 21.3. The van der Waals surface area contributed by atoms with Crippen LogP contribution in [0.2, 0.25) is 5.02 Å². The maximum atomic E-state index is 13.5. The number of carbonyl (C=O) groups excluding carboxylic acids is 1. The van der Waals surface area contributed by atoms with E-state index in [1.165, 1.54) is 12.1 Å². The molecule has 3 aliphatic carbocycles. The van der Waals surface area contributed by atoms with E-state index in [2.05, 4.69) is 22.0 Å². The fourth-order valence-corrected chi connectivity index (χ4v) is 5.02. The van der Waals surface area contributed by atoms with Crippen LogP contribution >= 0.6 is 11.6 Å². The molecule has 4 atom stereocenters. The molecule has 3 saturated carbocycles. The molecule has 9 heteroatoms. The van der Waals surface area contributed by atoms with Crippen LogP contribution in [0.3, 0.4) is 0 Å². The number of ether oxygens (including phenoxy) is 1. The van der Waals surface area contributed by atoms with E-state index in [0.717, 1.165) is 25.7 Å². The maximum Gasteiger partial charge on any atom is 0.237 e. The molecule has 0 spiro atoms. The Bertz CT molecular complexity index is 834. The van der Waals surface area contributed by atoms with Crippen molar-refractivity contribution in [2.75, 3.05) is 13.2 Å². The number of carbonyl (C=O) groups is 1. The van der Waals surface area contributed by atoms with Crippen LogP contribution in [0, 0.1) is 29.0 Å². The summed E-state index contributed by atoms with van der Waals surface area (Å²) in [6.45, 7) is 0.536. The predicted octanol–water partition coefficient (Wildman–Crippen LogP) is 1.69. The molecule has 1 aromatic carbocycles. The molecule has 1 amide bonds. The lowest BCUT2D eigenvalue weighted by atomic mass is 9.76.